The molecule has 3 heterocycles. The Balaban J connectivity index is 1.41. The number of pyridine rings is 1. The maximum atomic E-state index is 14.9. The first kappa shape index (κ1) is 23.9. The van der Waals surface area contributed by atoms with Crippen LogP contribution in [0.25, 0.3) is 5.69 Å². The van der Waals surface area contributed by atoms with Gasteiger partial charge in [0, 0.05) is 23.8 Å². The minimum Gasteiger partial charge on any atom is -0.457 e. The average molecular weight is 521 g/mol. The van der Waals surface area contributed by atoms with Crippen molar-refractivity contribution in [1.82, 2.24) is 14.9 Å². The fourth-order valence-corrected chi connectivity index (χ4v) is 5.25. The van der Waals surface area contributed by atoms with Crippen LogP contribution in [0.1, 0.15) is 29.0 Å². The third kappa shape index (κ3) is 4.41. The van der Waals surface area contributed by atoms with E-state index in [1.165, 1.54) is 6.07 Å². The zero-order chi connectivity index (χ0) is 26.1. The maximum absolute atomic E-state index is 14.9. The van der Waals surface area contributed by atoms with Crippen LogP contribution in [0.4, 0.5) is 10.1 Å². The van der Waals surface area contributed by atoms with E-state index in [2.05, 4.69) is 15.2 Å². The standard InChI is InChI=1S/C31H25FN4OS/c1-21-9-2-5-14-28(21)37-23-17-15-22(16-18-23)36-30(29(34-31(36)38)25-11-6-7-19-33-25)27-13-8-20-35(27)26-12-4-3-10-24(26)32/h2-20,29-30H,1H3,(H,34,38)/t29-,30+/m1/s1. The third-order valence-electron chi connectivity index (χ3n) is 6.73. The first-order valence-corrected chi connectivity index (χ1v) is 12.8. The number of hydrogen-bond acceptors (Lipinski definition) is 3. The summed E-state index contributed by atoms with van der Waals surface area (Å²) in [7, 11) is 0. The van der Waals surface area contributed by atoms with Crippen LogP contribution in [-0.4, -0.2) is 14.7 Å². The Kier molecular flexibility index (Phi) is 6.35. The lowest BCUT2D eigenvalue weighted by atomic mass is 10.0. The van der Waals surface area contributed by atoms with Crippen LogP contribution in [0.2, 0.25) is 0 Å². The third-order valence-corrected chi connectivity index (χ3v) is 7.04. The van der Waals surface area contributed by atoms with Gasteiger partial charge in [-0.15, -0.1) is 0 Å². The van der Waals surface area contributed by atoms with E-state index in [9.17, 15) is 4.39 Å². The van der Waals surface area contributed by atoms with Gasteiger partial charge in [-0.1, -0.05) is 36.4 Å². The number of nitrogens with one attached hydrogen (secondary N) is 1. The first-order chi connectivity index (χ1) is 18.6. The summed E-state index contributed by atoms with van der Waals surface area (Å²) in [5, 5.41) is 4.04. The van der Waals surface area contributed by atoms with E-state index in [4.69, 9.17) is 17.0 Å². The van der Waals surface area contributed by atoms with E-state index in [0.717, 1.165) is 34.1 Å². The van der Waals surface area contributed by atoms with Crippen LogP contribution in [0.15, 0.2) is 116 Å². The Bertz CT molecular complexity index is 1590. The minimum atomic E-state index is -0.294. The number of aryl methyl sites for hydroxylation is 1. The number of rotatable bonds is 6. The van der Waals surface area contributed by atoms with Crippen LogP contribution >= 0.6 is 12.2 Å². The Morgan fingerprint density at radius 1 is 0.868 bits per heavy atom. The van der Waals surface area contributed by atoms with Crippen molar-refractivity contribution < 1.29 is 9.13 Å². The molecule has 2 atom stereocenters. The molecule has 0 radical (unpaired) electrons. The molecule has 7 heteroatoms. The molecule has 3 aromatic carbocycles. The number of benzene rings is 3. The molecule has 38 heavy (non-hydrogen) atoms. The second-order valence-electron chi connectivity index (χ2n) is 9.11. The van der Waals surface area contributed by atoms with Gasteiger partial charge in [-0.3, -0.25) is 4.98 Å². The molecule has 0 unspecified atom stereocenters. The highest BCUT2D eigenvalue weighted by Gasteiger charge is 2.42. The molecule has 0 spiro atoms. The molecule has 0 aliphatic carbocycles. The van der Waals surface area contributed by atoms with Gasteiger partial charge in [0.1, 0.15) is 23.4 Å². The van der Waals surface area contributed by atoms with Crippen molar-refractivity contribution >= 4 is 23.0 Å². The molecule has 1 saturated heterocycles. The monoisotopic (exact) mass is 520 g/mol. The molecule has 1 aliphatic rings. The van der Waals surface area contributed by atoms with Crippen LogP contribution in [0.5, 0.6) is 11.5 Å². The number of nitrogens with zero attached hydrogens (tertiary/aromatic N) is 3. The van der Waals surface area contributed by atoms with Crippen molar-refractivity contribution in [2.45, 2.75) is 19.0 Å². The second-order valence-corrected chi connectivity index (χ2v) is 9.50. The van der Waals surface area contributed by atoms with Gasteiger partial charge in [0.05, 0.1) is 17.4 Å². The summed E-state index contributed by atoms with van der Waals surface area (Å²) in [4.78, 5) is 6.69. The first-order valence-electron chi connectivity index (χ1n) is 12.4. The predicted molar refractivity (Wildman–Crippen MR) is 151 cm³/mol. The summed E-state index contributed by atoms with van der Waals surface area (Å²) in [6.07, 6.45) is 3.65. The number of para-hydroxylation sites is 2. The van der Waals surface area contributed by atoms with Crippen molar-refractivity contribution in [2.75, 3.05) is 4.90 Å². The van der Waals surface area contributed by atoms with Crippen molar-refractivity contribution in [1.29, 1.82) is 0 Å². The summed E-state index contributed by atoms with van der Waals surface area (Å²) in [6, 6.07) is 31.8. The van der Waals surface area contributed by atoms with Crippen molar-refractivity contribution in [3.05, 3.63) is 138 Å². The fourth-order valence-electron chi connectivity index (χ4n) is 4.91. The fraction of sp³-hybridized carbons (Fsp3) is 0.0968. The smallest absolute Gasteiger partial charge is 0.174 e. The number of aromatic nitrogens is 2. The van der Waals surface area contributed by atoms with E-state index in [1.807, 2.05) is 103 Å². The Labute approximate surface area is 226 Å². The lowest BCUT2D eigenvalue weighted by Gasteiger charge is -2.29. The molecule has 1 aliphatic heterocycles. The highest BCUT2D eigenvalue weighted by Crippen LogP contribution is 2.43. The number of anilines is 1. The zero-order valence-electron chi connectivity index (χ0n) is 20.7. The molecule has 6 rings (SSSR count). The topological polar surface area (TPSA) is 42.3 Å². The lowest BCUT2D eigenvalue weighted by molar-refractivity contribution is 0.479. The van der Waals surface area contributed by atoms with Gasteiger partial charge in [-0.05, 0) is 91.4 Å². The van der Waals surface area contributed by atoms with Gasteiger partial charge in [0.25, 0.3) is 0 Å². The maximum Gasteiger partial charge on any atom is 0.174 e. The molecule has 5 aromatic rings. The molecule has 0 bridgehead atoms. The summed E-state index contributed by atoms with van der Waals surface area (Å²) < 4.78 is 22.9. The highest BCUT2D eigenvalue weighted by molar-refractivity contribution is 7.80. The number of thiocarbonyl (C=S) groups is 1. The van der Waals surface area contributed by atoms with E-state index in [0.29, 0.717) is 10.8 Å². The Morgan fingerprint density at radius 2 is 1.63 bits per heavy atom. The quantitative estimate of drug-likeness (QED) is 0.238. The molecule has 5 nitrogen and oxygen atoms in total. The molecule has 1 fully saturated rings. The molecule has 0 saturated carbocycles. The van der Waals surface area contributed by atoms with Crippen molar-refractivity contribution in [3.63, 3.8) is 0 Å². The summed E-state index contributed by atoms with van der Waals surface area (Å²) in [5.41, 5.74) is 4.17. The van der Waals surface area contributed by atoms with Crippen molar-refractivity contribution in [2.24, 2.45) is 0 Å². The van der Waals surface area contributed by atoms with E-state index < -0.39 is 0 Å². The summed E-state index contributed by atoms with van der Waals surface area (Å²) in [5.74, 6) is 1.25. The lowest BCUT2D eigenvalue weighted by Crippen LogP contribution is -2.30. The van der Waals surface area contributed by atoms with Gasteiger partial charge in [0.2, 0.25) is 0 Å². The highest BCUT2D eigenvalue weighted by atomic mass is 32.1. The summed E-state index contributed by atoms with van der Waals surface area (Å²) in [6.45, 7) is 2.02. The van der Waals surface area contributed by atoms with Gasteiger partial charge < -0.3 is 19.5 Å². The Morgan fingerprint density at radius 3 is 2.39 bits per heavy atom. The van der Waals surface area contributed by atoms with Crippen molar-refractivity contribution in [3.8, 4) is 17.2 Å². The van der Waals surface area contributed by atoms with E-state index >= 15 is 0 Å². The van der Waals surface area contributed by atoms with Crippen LogP contribution in [-0.2, 0) is 0 Å². The Hall–Kier alpha value is -4.49. The molecule has 1 N–H and O–H groups in total. The van der Waals surface area contributed by atoms with E-state index in [1.54, 1.807) is 18.3 Å². The van der Waals surface area contributed by atoms with Crippen LogP contribution in [0.3, 0.4) is 0 Å². The van der Waals surface area contributed by atoms with E-state index in [-0.39, 0.29) is 17.9 Å². The molecule has 0 amide bonds. The average Bonchev–Trinajstić information content (AvgIpc) is 3.55. The molecule has 2 aromatic heterocycles. The largest absolute Gasteiger partial charge is 0.457 e. The molecule has 188 valence electrons. The van der Waals surface area contributed by atoms with Gasteiger partial charge in [-0.25, -0.2) is 4.39 Å². The van der Waals surface area contributed by atoms with Gasteiger partial charge in [-0.2, -0.15) is 0 Å². The number of ether oxygens (including phenoxy) is 1. The molecular formula is C31H25FN4OS. The molecular weight excluding hydrogens is 495 g/mol. The normalized spacial score (nSPS) is 16.9. The number of halogens is 1. The number of hydrogen-bond donors (Lipinski definition) is 1. The zero-order valence-corrected chi connectivity index (χ0v) is 21.5. The predicted octanol–water partition coefficient (Wildman–Crippen LogP) is 7.29. The van der Waals surface area contributed by atoms with Crippen LogP contribution in [0, 0.1) is 12.7 Å². The summed E-state index contributed by atoms with van der Waals surface area (Å²) >= 11 is 5.86. The minimum absolute atomic E-state index is 0.244. The van der Waals surface area contributed by atoms with Gasteiger partial charge in [0.15, 0.2) is 5.11 Å². The van der Waals surface area contributed by atoms with Gasteiger partial charge >= 0.3 is 0 Å². The SMILES string of the molecule is Cc1ccccc1Oc1ccc(N2C(=S)N[C@H](c3ccccn3)[C@@H]2c2cccn2-c2ccccc2F)cc1. The van der Waals surface area contributed by atoms with Crippen LogP contribution < -0.4 is 15.0 Å². The second kappa shape index (κ2) is 10.1.